The van der Waals surface area contributed by atoms with E-state index in [0.29, 0.717) is 18.8 Å². The maximum absolute atomic E-state index is 13.3. The quantitative estimate of drug-likeness (QED) is 0.229. The molecule has 0 saturated heterocycles. The fourth-order valence-corrected chi connectivity index (χ4v) is 5.27. The van der Waals surface area contributed by atoms with Gasteiger partial charge >= 0.3 is 5.69 Å². The van der Waals surface area contributed by atoms with E-state index in [1.165, 1.54) is 0 Å². The number of fused-ring (bicyclic) bond motifs is 2. The summed E-state index contributed by atoms with van der Waals surface area (Å²) >= 11 is 0. The number of nitrogens with zero attached hydrogens (tertiary/aromatic N) is 5. The Balaban J connectivity index is 1.53. The number of aromatic amines is 1. The van der Waals surface area contributed by atoms with Crippen LogP contribution in [0.25, 0.3) is 38.8 Å². The number of hydrogen-bond acceptors (Lipinski definition) is 3. The number of nitrogens with one attached hydrogen (secondary N) is 1. The lowest BCUT2D eigenvalue weighted by Crippen LogP contribution is -2.22. The second-order valence-electron chi connectivity index (χ2n) is 9.49. The summed E-state index contributed by atoms with van der Waals surface area (Å²) in [5.41, 5.74) is 17.0. The van der Waals surface area contributed by atoms with Gasteiger partial charge in [0.15, 0.2) is 5.96 Å². The van der Waals surface area contributed by atoms with Gasteiger partial charge in [-0.15, -0.1) is 0 Å². The zero-order valence-electron chi connectivity index (χ0n) is 21.3. The van der Waals surface area contributed by atoms with E-state index in [2.05, 4.69) is 32.7 Å². The molecule has 0 unspecified atom stereocenters. The van der Waals surface area contributed by atoms with Crippen molar-refractivity contribution < 1.29 is 0 Å². The highest BCUT2D eigenvalue weighted by atomic mass is 16.1. The molecule has 0 atom stereocenters. The van der Waals surface area contributed by atoms with Gasteiger partial charge in [-0.3, -0.25) is 9.55 Å². The van der Waals surface area contributed by atoms with Crippen LogP contribution in [-0.2, 0) is 20.1 Å². The molecule has 6 rings (SSSR count). The Bertz CT molecular complexity index is 1990. The number of rotatable bonds is 6. The van der Waals surface area contributed by atoms with Crippen molar-refractivity contribution >= 4 is 27.8 Å². The Labute approximate surface area is 223 Å². The van der Waals surface area contributed by atoms with Gasteiger partial charge in [-0.05, 0) is 23.3 Å². The van der Waals surface area contributed by atoms with Gasteiger partial charge < -0.3 is 20.6 Å². The SMILES string of the molecule is Cn1cc(-n2c(-c3cn(Cc4cccc(CN=C(N)N)c4)c4ccccc34)c(C#N)[nH]c2=O)c2ccccc21. The minimum absolute atomic E-state index is 0.0542. The smallest absolute Gasteiger partial charge is 0.331 e. The molecule has 192 valence electrons. The second-order valence-corrected chi connectivity index (χ2v) is 9.49. The molecule has 3 aromatic carbocycles. The first-order valence-corrected chi connectivity index (χ1v) is 12.5. The standard InChI is InChI=1S/C30H26N8O/c1-36-18-27(22-10-3-4-11-25(22)36)38-28(24(14-31)35-30(38)39)23-17-37(26-12-5-2-9-21(23)26)16-20-8-6-7-19(13-20)15-34-29(32)33/h2-13,17-18H,15-16H2,1H3,(H,35,39)(H4,32,33,34). The van der Waals surface area contributed by atoms with Crippen molar-refractivity contribution in [3.63, 3.8) is 0 Å². The topological polar surface area (TPSA) is 136 Å². The molecular weight excluding hydrogens is 488 g/mol. The van der Waals surface area contributed by atoms with Crippen molar-refractivity contribution in [3.05, 3.63) is 112 Å². The molecular formula is C30H26N8O. The lowest BCUT2D eigenvalue weighted by Gasteiger charge is -2.07. The maximum Gasteiger partial charge on any atom is 0.331 e. The Morgan fingerprint density at radius 3 is 2.44 bits per heavy atom. The number of aliphatic imine (C=N–C) groups is 1. The number of nitrogens with two attached hydrogens (primary N) is 2. The van der Waals surface area contributed by atoms with Crippen LogP contribution in [0.5, 0.6) is 0 Å². The molecule has 0 aliphatic carbocycles. The van der Waals surface area contributed by atoms with Crippen LogP contribution in [0.1, 0.15) is 16.8 Å². The van der Waals surface area contributed by atoms with Crippen molar-refractivity contribution in [1.29, 1.82) is 5.26 Å². The molecule has 0 bridgehead atoms. The molecule has 9 heteroatoms. The molecule has 0 aliphatic heterocycles. The molecule has 39 heavy (non-hydrogen) atoms. The summed E-state index contributed by atoms with van der Waals surface area (Å²) in [5.74, 6) is 0.0542. The van der Waals surface area contributed by atoms with Crippen LogP contribution in [-0.4, -0.2) is 24.6 Å². The zero-order valence-corrected chi connectivity index (χ0v) is 21.3. The fourth-order valence-electron chi connectivity index (χ4n) is 5.27. The van der Waals surface area contributed by atoms with Crippen LogP contribution < -0.4 is 17.2 Å². The highest BCUT2D eigenvalue weighted by molar-refractivity contribution is 5.98. The fraction of sp³-hybridized carbons (Fsp3) is 0.100. The van der Waals surface area contributed by atoms with Crippen molar-refractivity contribution in [3.8, 4) is 23.0 Å². The number of hydrogen-bond donors (Lipinski definition) is 3. The van der Waals surface area contributed by atoms with Crippen molar-refractivity contribution in [2.24, 2.45) is 23.5 Å². The first kappa shape index (κ1) is 23.9. The predicted molar refractivity (Wildman–Crippen MR) is 154 cm³/mol. The van der Waals surface area contributed by atoms with Gasteiger partial charge in [0.25, 0.3) is 0 Å². The number of aryl methyl sites for hydroxylation is 1. The lowest BCUT2D eigenvalue weighted by atomic mass is 10.1. The van der Waals surface area contributed by atoms with E-state index in [-0.39, 0.29) is 17.3 Å². The first-order chi connectivity index (χ1) is 18.9. The largest absolute Gasteiger partial charge is 0.370 e. The molecule has 6 aromatic rings. The van der Waals surface area contributed by atoms with Crippen molar-refractivity contribution in [1.82, 2.24) is 18.7 Å². The molecule has 0 amide bonds. The van der Waals surface area contributed by atoms with Gasteiger partial charge in [-0.1, -0.05) is 60.7 Å². The number of benzene rings is 3. The predicted octanol–water partition coefficient (Wildman–Crippen LogP) is 3.97. The van der Waals surface area contributed by atoms with Gasteiger partial charge in [-0.25, -0.2) is 9.79 Å². The van der Waals surface area contributed by atoms with E-state index in [1.54, 1.807) is 4.57 Å². The summed E-state index contributed by atoms with van der Waals surface area (Å²) in [7, 11) is 1.95. The maximum atomic E-state index is 13.3. The summed E-state index contributed by atoms with van der Waals surface area (Å²) in [4.78, 5) is 20.2. The summed E-state index contributed by atoms with van der Waals surface area (Å²) in [6.07, 6.45) is 3.93. The average Bonchev–Trinajstić information content (AvgIpc) is 3.58. The van der Waals surface area contributed by atoms with E-state index in [4.69, 9.17) is 11.5 Å². The Morgan fingerprint density at radius 2 is 1.67 bits per heavy atom. The zero-order chi connectivity index (χ0) is 27.1. The van der Waals surface area contributed by atoms with Crippen LogP contribution in [0, 0.1) is 11.3 Å². The summed E-state index contributed by atoms with van der Waals surface area (Å²) < 4.78 is 5.73. The summed E-state index contributed by atoms with van der Waals surface area (Å²) in [6.45, 7) is 0.987. The molecule has 0 spiro atoms. The van der Waals surface area contributed by atoms with Crippen LogP contribution in [0.2, 0.25) is 0 Å². The van der Waals surface area contributed by atoms with E-state index >= 15 is 0 Å². The van der Waals surface area contributed by atoms with Crippen LogP contribution in [0.4, 0.5) is 0 Å². The van der Waals surface area contributed by atoms with Gasteiger partial charge in [-0.2, -0.15) is 5.26 Å². The highest BCUT2D eigenvalue weighted by Crippen LogP contribution is 2.35. The number of para-hydroxylation sites is 2. The third-order valence-electron chi connectivity index (χ3n) is 6.96. The highest BCUT2D eigenvalue weighted by Gasteiger charge is 2.23. The van der Waals surface area contributed by atoms with Gasteiger partial charge in [0.05, 0.1) is 17.9 Å². The average molecular weight is 515 g/mol. The second kappa shape index (κ2) is 9.43. The Morgan fingerprint density at radius 1 is 0.949 bits per heavy atom. The number of H-pyrrole nitrogens is 1. The number of imidazole rings is 1. The van der Waals surface area contributed by atoms with Gasteiger partial charge in [0.1, 0.15) is 11.8 Å². The van der Waals surface area contributed by atoms with Crippen LogP contribution in [0.3, 0.4) is 0 Å². The molecule has 3 heterocycles. The Hall–Kier alpha value is -5.49. The molecule has 0 fully saturated rings. The molecule has 3 aromatic heterocycles. The minimum Gasteiger partial charge on any atom is -0.370 e. The van der Waals surface area contributed by atoms with Crippen LogP contribution >= 0.6 is 0 Å². The minimum atomic E-state index is -0.359. The van der Waals surface area contributed by atoms with Gasteiger partial charge in [0.2, 0.25) is 0 Å². The number of guanidine groups is 1. The van der Waals surface area contributed by atoms with E-state index < -0.39 is 0 Å². The number of nitriles is 1. The lowest BCUT2D eigenvalue weighted by molar-refractivity contribution is 0.834. The monoisotopic (exact) mass is 514 g/mol. The van der Waals surface area contributed by atoms with Crippen molar-refractivity contribution in [2.75, 3.05) is 0 Å². The van der Waals surface area contributed by atoms with E-state index in [1.807, 2.05) is 84.7 Å². The third-order valence-corrected chi connectivity index (χ3v) is 6.96. The van der Waals surface area contributed by atoms with E-state index in [9.17, 15) is 10.1 Å². The van der Waals surface area contributed by atoms with Crippen molar-refractivity contribution in [2.45, 2.75) is 13.1 Å². The first-order valence-electron chi connectivity index (χ1n) is 12.5. The van der Waals surface area contributed by atoms with Gasteiger partial charge in [0, 0.05) is 53.4 Å². The third kappa shape index (κ3) is 4.14. The molecule has 0 saturated carbocycles. The molecule has 0 aliphatic rings. The Kier molecular flexibility index (Phi) is 5.77. The van der Waals surface area contributed by atoms with Crippen LogP contribution in [0.15, 0.2) is 95.0 Å². The number of aromatic nitrogens is 4. The normalized spacial score (nSPS) is 11.2. The molecule has 0 radical (unpaired) electrons. The van der Waals surface area contributed by atoms with E-state index in [0.717, 1.165) is 44.2 Å². The molecule has 9 nitrogen and oxygen atoms in total. The molecule has 5 N–H and O–H groups in total. The summed E-state index contributed by atoms with van der Waals surface area (Å²) in [6, 6.07) is 26.2. The summed E-state index contributed by atoms with van der Waals surface area (Å²) in [5, 5.41) is 11.9.